The van der Waals surface area contributed by atoms with E-state index in [1.54, 1.807) is 6.20 Å². The summed E-state index contributed by atoms with van der Waals surface area (Å²) in [4.78, 5) is 14.4. The lowest BCUT2D eigenvalue weighted by molar-refractivity contribution is -0.118. The largest absolute Gasteiger partial charge is 0.370 e. The van der Waals surface area contributed by atoms with E-state index >= 15 is 0 Å². The molecule has 0 unspecified atom stereocenters. The average Bonchev–Trinajstić information content (AvgIpc) is 2.19. The molecule has 5 heteroatoms. The Balaban J connectivity index is 0.000000671. The molecule has 13 heavy (non-hydrogen) atoms. The number of rotatable bonds is 3. The topological polar surface area (TPSA) is 56.0 Å². The molecule has 0 atom stereocenters. The van der Waals surface area contributed by atoms with Crippen LogP contribution in [0.4, 0.5) is 0 Å². The standard InChI is InChI=1S/C8H10N2O.H2S2/c9-8(11)5-4-7-3-1-2-6-10-7;1-2/h1-3,6H,4-5H2,(H2,9,11);1-2H. The summed E-state index contributed by atoms with van der Waals surface area (Å²) in [5.74, 6) is -0.282. The van der Waals surface area contributed by atoms with E-state index < -0.39 is 0 Å². The molecule has 0 saturated carbocycles. The van der Waals surface area contributed by atoms with Crippen molar-refractivity contribution in [3.63, 3.8) is 0 Å². The fourth-order valence-electron chi connectivity index (χ4n) is 0.797. The van der Waals surface area contributed by atoms with Gasteiger partial charge in [-0.1, -0.05) is 6.07 Å². The molecule has 0 saturated heterocycles. The minimum Gasteiger partial charge on any atom is -0.370 e. The van der Waals surface area contributed by atoms with Crippen molar-refractivity contribution < 1.29 is 4.79 Å². The number of pyridine rings is 1. The first-order valence-electron chi connectivity index (χ1n) is 3.67. The SMILES string of the molecule is NC(=O)CCc1ccccn1.SS. The Hall–Kier alpha value is -0.680. The molecule has 1 aromatic rings. The fourth-order valence-corrected chi connectivity index (χ4v) is 0.797. The molecule has 1 amide bonds. The lowest BCUT2D eigenvalue weighted by atomic mass is 10.2. The molecular formula is C8H12N2OS2. The number of primary amides is 1. The van der Waals surface area contributed by atoms with E-state index in [1.165, 1.54) is 0 Å². The van der Waals surface area contributed by atoms with Gasteiger partial charge in [-0.05, 0) is 18.6 Å². The lowest BCUT2D eigenvalue weighted by Gasteiger charge is -1.95. The van der Waals surface area contributed by atoms with E-state index in [-0.39, 0.29) is 5.91 Å². The third kappa shape index (κ3) is 6.48. The fraction of sp³-hybridized carbons (Fsp3) is 0.250. The van der Waals surface area contributed by atoms with Crippen LogP contribution in [0.15, 0.2) is 24.4 Å². The van der Waals surface area contributed by atoms with Crippen LogP contribution >= 0.6 is 23.3 Å². The molecular weight excluding hydrogens is 204 g/mol. The molecule has 0 aliphatic rings. The zero-order chi connectivity index (χ0) is 10.1. The highest BCUT2D eigenvalue weighted by Gasteiger charge is 1.96. The van der Waals surface area contributed by atoms with Gasteiger partial charge in [0.25, 0.3) is 0 Å². The predicted molar refractivity (Wildman–Crippen MR) is 59.7 cm³/mol. The first-order chi connectivity index (χ1) is 6.29. The number of carbonyl (C=O) groups is 1. The summed E-state index contributed by atoms with van der Waals surface area (Å²) in [5, 5.41) is 0. The minimum atomic E-state index is -0.282. The maximum absolute atomic E-state index is 10.4. The van der Waals surface area contributed by atoms with Gasteiger partial charge in [0.2, 0.25) is 5.91 Å². The molecule has 3 nitrogen and oxygen atoms in total. The smallest absolute Gasteiger partial charge is 0.217 e. The van der Waals surface area contributed by atoms with Crippen molar-refractivity contribution in [2.75, 3.05) is 0 Å². The van der Waals surface area contributed by atoms with E-state index in [0.29, 0.717) is 12.8 Å². The molecule has 0 bridgehead atoms. The second kappa shape index (κ2) is 7.94. The number of hydrogen-bond acceptors (Lipinski definition) is 4. The molecule has 1 heterocycles. The second-order valence-electron chi connectivity index (χ2n) is 2.29. The molecule has 0 aromatic carbocycles. The zero-order valence-corrected chi connectivity index (χ0v) is 8.84. The molecule has 1 aromatic heterocycles. The van der Waals surface area contributed by atoms with Gasteiger partial charge in [0.15, 0.2) is 0 Å². The summed E-state index contributed by atoms with van der Waals surface area (Å²) in [7, 11) is 0. The van der Waals surface area contributed by atoms with E-state index in [0.717, 1.165) is 5.69 Å². The van der Waals surface area contributed by atoms with E-state index in [2.05, 4.69) is 28.3 Å². The van der Waals surface area contributed by atoms with Crippen LogP contribution in [0, 0.1) is 0 Å². The number of nitrogens with two attached hydrogens (primary N) is 1. The van der Waals surface area contributed by atoms with Crippen LogP contribution < -0.4 is 5.73 Å². The van der Waals surface area contributed by atoms with E-state index in [4.69, 9.17) is 5.73 Å². The Bertz CT molecular complexity index is 241. The number of nitrogens with zero attached hydrogens (tertiary/aromatic N) is 1. The van der Waals surface area contributed by atoms with Gasteiger partial charge in [0.1, 0.15) is 0 Å². The van der Waals surface area contributed by atoms with Gasteiger partial charge < -0.3 is 5.73 Å². The highest BCUT2D eigenvalue weighted by Crippen LogP contribution is 1.96. The van der Waals surface area contributed by atoms with Gasteiger partial charge in [-0.25, -0.2) is 0 Å². The van der Waals surface area contributed by atoms with Crippen molar-refractivity contribution in [2.45, 2.75) is 12.8 Å². The number of hydrogen-bond donors (Lipinski definition) is 3. The number of amides is 1. The summed E-state index contributed by atoms with van der Waals surface area (Å²) in [6.45, 7) is 0. The molecule has 0 spiro atoms. The summed E-state index contributed by atoms with van der Waals surface area (Å²) >= 11 is 6.44. The van der Waals surface area contributed by atoms with Crippen molar-refractivity contribution in [2.24, 2.45) is 5.73 Å². The maximum Gasteiger partial charge on any atom is 0.217 e. The highest BCUT2D eigenvalue weighted by molar-refractivity contribution is 8.59. The van der Waals surface area contributed by atoms with Crippen LogP contribution in [0.1, 0.15) is 12.1 Å². The third-order valence-electron chi connectivity index (χ3n) is 1.35. The van der Waals surface area contributed by atoms with Crippen LogP contribution in [0.5, 0.6) is 0 Å². The predicted octanol–water partition coefficient (Wildman–Crippen LogP) is 1.26. The van der Waals surface area contributed by atoms with Gasteiger partial charge in [-0.15, -0.1) is 23.3 Å². The molecule has 0 aliphatic carbocycles. The van der Waals surface area contributed by atoms with Crippen molar-refractivity contribution in [3.05, 3.63) is 30.1 Å². The summed E-state index contributed by atoms with van der Waals surface area (Å²) in [5.41, 5.74) is 5.88. The summed E-state index contributed by atoms with van der Waals surface area (Å²) < 4.78 is 0. The average molecular weight is 216 g/mol. The normalized spacial score (nSPS) is 8.46. The Morgan fingerprint density at radius 1 is 1.46 bits per heavy atom. The lowest BCUT2D eigenvalue weighted by Crippen LogP contribution is -2.11. The number of thiol groups is 2. The van der Waals surface area contributed by atoms with Gasteiger partial charge in [-0.3, -0.25) is 9.78 Å². The van der Waals surface area contributed by atoms with Gasteiger partial charge >= 0.3 is 0 Å². The second-order valence-corrected chi connectivity index (χ2v) is 2.29. The van der Waals surface area contributed by atoms with E-state index in [1.807, 2.05) is 18.2 Å². The minimum absolute atomic E-state index is 0.282. The molecule has 72 valence electrons. The molecule has 2 N–H and O–H groups in total. The van der Waals surface area contributed by atoms with Crippen LogP contribution in [0.3, 0.4) is 0 Å². The van der Waals surface area contributed by atoms with Crippen LogP contribution in [-0.4, -0.2) is 10.9 Å². The van der Waals surface area contributed by atoms with Crippen LogP contribution in [0.2, 0.25) is 0 Å². The van der Waals surface area contributed by atoms with Crippen molar-refractivity contribution in [1.82, 2.24) is 4.98 Å². The van der Waals surface area contributed by atoms with Crippen molar-refractivity contribution in [3.8, 4) is 0 Å². The number of aromatic nitrogens is 1. The Morgan fingerprint density at radius 2 is 2.15 bits per heavy atom. The van der Waals surface area contributed by atoms with Crippen molar-refractivity contribution in [1.29, 1.82) is 0 Å². The Labute approximate surface area is 88.0 Å². The summed E-state index contributed by atoms with van der Waals surface area (Å²) in [6.07, 6.45) is 2.71. The van der Waals surface area contributed by atoms with Gasteiger partial charge in [0, 0.05) is 18.3 Å². The number of aryl methyl sites for hydroxylation is 1. The quantitative estimate of drug-likeness (QED) is 0.526. The molecule has 1 rings (SSSR count). The first kappa shape index (κ1) is 12.3. The highest BCUT2D eigenvalue weighted by atomic mass is 33.1. The monoisotopic (exact) mass is 216 g/mol. The first-order valence-corrected chi connectivity index (χ1v) is 5.27. The van der Waals surface area contributed by atoms with Gasteiger partial charge in [0.05, 0.1) is 0 Å². The molecule has 0 fully saturated rings. The molecule has 0 aliphatic heterocycles. The zero-order valence-electron chi connectivity index (χ0n) is 7.05. The molecule has 0 radical (unpaired) electrons. The maximum atomic E-state index is 10.4. The van der Waals surface area contributed by atoms with Crippen LogP contribution in [0.25, 0.3) is 0 Å². The van der Waals surface area contributed by atoms with Crippen LogP contribution in [-0.2, 0) is 11.2 Å². The number of carbonyl (C=O) groups excluding carboxylic acids is 1. The van der Waals surface area contributed by atoms with E-state index in [9.17, 15) is 4.79 Å². The Morgan fingerprint density at radius 3 is 2.62 bits per heavy atom. The summed E-state index contributed by atoms with van der Waals surface area (Å²) in [6, 6.07) is 5.61. The van der Waals surface area contributed by atoms with Gasteiger partial charge in [-0.2, -0.15) is 0 Å². The Kier molecular flexibility index (Phi) is 7.53. The third-order valence-corrected chi connectivity index (χ3v) is 1.35. The van der Waals surface area contributed by atoms with Crippen molar-refractivity contribution >= 4 is 29.2 Å².